The summed E-state index contributed by atoms with van der Waals surface area (Å²) in [6, 6.07) is 6.02. The van der Waals surface area contributed by atoms with Crippen molar-refractivity contribution >= 4 is 21.8 Å². The van der Waals surface area contributed by atoms with Crippen LogP contribution >= 0.6 is 15.9 Å². The van der Waals surface area contributed by atoms with Gasteiger partial charge in [-0.2, -0.15) is 0 Å². The van der Waals surface area contributed by atoms with Gasteiger partial charge in [0.1, 0.15) is 0 Å². The summed E-state index contributed by atoms with van der Waals surface area (Å²) in [7, 11) is 0. The quantitative estimate of drug-likeness (QED) is 0.849. The Morgan fingerprint density at radius 2 is 1.81 bits per heavy atom. The monoisotopic (exact) mass is 352 g/mol. The Morgan fingerprint density at radius 1 is 1.24 bits per heavy atom. The first kappa shape index (κ1) is 16.5. The van der Waals surface area contributed by atoms with Gasteiger partial charge in [-0.1, -0.05) is 6.07 Å². The number of benzene rings is 1. The van der Waals surface area contributed by atoms with Crippen LogP contribution in [-0.4, -0.2) is 23.0 Å². The molecule has 116 valence electrons. The predicted octanol–water partition coefficient (Wildman–Crippen LogP) is 3.80. The molecule has 2 rings (SSSR count). The highest BCUT2D eigenvalue weighted by atomic mass is 79.9. The van der Waals surface area contributed by atoms with E-state index >= 15 is 0 Å². The first-order valence-electron chi connectivity index (χ1n) is 7.44. The number of hydrogen-bond donors (Lipinski definition) is 2. The number of halogens is 1. The number of carbonyl (C=O) groups excluding carboxylic acids is 1. The van der Waals surface area contributed by atoms with Gasteiger partial charge in [0.15, 0.2) is 0 Å². The Kier molecular flexibility index (Phi) is 4.50. The van der Waals surface area contributed by atoms with E-state index in [1.807, 2.05) is 25.1 Å². The second kappa shape index (κ2) is 5.73. The number of rotatable bonds is 2. The molecule has 3 nitrogen and oxygen atoms in total. The Morgan fingerprint density at radius 3 is 2.33 bits per heavy atom. The number of amides is 1. The third kappa shape index (κ3) is 4.30. The lowest BCUT2D eigenvalue weighted by Crippen LogP contribution is -2.62. The third-order valence-electron chi connectivity index (χ3n) is 3.89. The average Bonchev–Trinajstić information content (AvgIpc) is 2.23. The molecule has 4 heteroatoms. The largest absolute Gasteiger partial charge is 0.349 e. The SMILES string of the molecule is Cc1ccc(C(=O)NC2CC(C)(C)NC(C)(C)C2)c(Br)c1. The summed E-state index contributed by atoms with van der Waals surface area (Å²) < 4.78 is 0.854. The van der Waals surface area contributed by atoms with Crippen molar-refractivity contribution in [2.24, 2.45) is 0 Å². The molecule has 0 aromatic heterocycles. The summed E-state index contributed by atoms with van der Waals surface area (Å²) >= 11 is 3.48. The van der Waals surface area contributed by atoms with Gasteiger partial charge in [0, 0.05) is 21.6 Å². The molecule has 0 aliphatic carbocycles. The summed E-state index contributed by atoms with van der Waals surface area (Å²) in [5, 5.41) is 6.83. The molecule has 21 heavy (non-hydrogen) atoms. The number of carbonyl (C=O) groups is 1. The van der Waals surface area contributed by atoms with E-state index in [4.69, 9.17) is 0 Å². The molecular formula is C17H25BrN2O. The first-order valence-corrected chi connectivity index (χ1v) is 8.24. The van der Waals surface area contributed by atoms with E-state index in [0.29, 0.717) is 5.56 Å². The predicted molar refractivity (Wildman–Crippen MR) is 90.7 cm³/mol. The lowest BCUT2D eigenvalue weighted by Gasteiger charge is -2.46. The molecule has 0 unspecified atom stereocenters. The topological polar surface area (TPSA) is 41.1 Å². The van der Waals surface area contributed by atoms with E-state index in [1.54, 1.807) is 0 Å². The van der Waals surface area contributed by atoms with Crippen LogP contribution in [0.25, 0.3) is 0 Å². The lowest BCUT2D eigenvalue weighted by atomic mass is 9.79. The maximum atomic E-state index is 12.5. The van der Waals surface area contributed by atoms with Crippen LogP contribution < -0.4 is 10.6 Å². The Bertz CT molecular complexity index is 536. The molecule has 1 heterocycles. The standard InChI is InChI=1S/C17H25BrN2O/c1-11-6-7-13(14(18)8-11)15(21)19-12-9-16(2,3)20-17(4,5)10-12/h6-8,12,20H,9-10H2,1-5H3,(H,19,21). The fourth-order valence-electron chi connectivity index (χ4n) is 3.49. The second-order valence-electron chi connectivity index (χ2n) is 7.45. The highest BCUT2D eigenvalue weighted by molar-refractivity contribution is 9.10. The van der Waals surface area contributed by atoms with Crippen molar-refractivity contribution in [3.8, 4) is 0 Å². The molecular weight excluding hydrogens is 328 g/mol. The maximum Gasteiger partial charge on any atom is 0.252 e. The van der Waals surface area contributed by atoms with Crippen LogP contribution in [0.3, 0.4) is 0 Å². The first-order chi connectivity index (χ1) is 9.58. The zero-order chi connectivity index (χ0) is 15.8. The van der Waals surface area contributed by atoms with Gasteiger partial charge in [0.05, 0.1) is 5.56 Å². The van der Waals surface area contributed by atoms with Gasteiger partial charge in [-0.05, 0) is 81.1 Å². The van der Waals surface area contributed by atoms with Gasteiger partial charge in [-0.3, -0.25) is 4.79 Å². The van der Waals surface area contributed by atoms with Crippen molar-refractivity contribution in [2.45, 2.75) is 64.6 Å². The number of aryl methyl sites for hydroxylation is 1. The van der Waals surface area contributed by atoms with Crippen LogP contribution in [0, 0.1) is 6.92 Å². The van der Waals surface area contributed by atoms with Crippen LogP contribution in [-0.2, 0) is 0 Å². The zero-order valence-corrected chi connectivity index (χ0v) is 15.1. The van der Waals surface area contributed by atoms with Gasteiger partial charge in [-0.15, -0.1) is 0 Å². The van der Waals surface area contributed by atoms with E-state index < -0.39 is 0 Å². The van der Waals surface area contributed by atoms with E-state index in [2.05, 4.69) is 54.3 Å². The summed E-state index contributed by atoms with van der Waals surface area (Å²) in [5.74, 6) is 0.000347. The number of piperidine rings is 1. The smallest absolute Gasteiger partial charge is 0.252 e. The molecule has 0 bridgehead atoms. The summed E-state index contributed by atoms with van der Waals surface area (Å²) in [6.45, 7) is 10.8. The molecule has 1 aliphatic heterocycles. The molecule has 2 N–H and O–H groups in total. The number of nitrogens with one attached hydrogen (secondary N) is 2. The molecule has 1 fully saturated rings. The zero-order valence-electron chi connectivity index (χ0n) is 13.5. The molecule has 0 saturated carbocycles. The van der Waals surface area contributed by atoms with Gasteiger partial charge in [0.25, 0.3) is 5.91 Å². The number of hydrogen-bond acceptors (Lipinski definition) is 2. The van der Waals surface area contributed by atoms with Crippen molar-refractivity contribution in [3.05, 3.63) is 33.8 Å². The normalized spacial score (nSPS) is 21.0. The van der Waals surface area contributed by atoms with Crippen LogP contribution in [0.5, 0.6) is 0 Å². The van der Waals surface area contributed by atoms with Crippen LogP contribution in [0.2, 0.25) is 0 Å². The van der Waals surface area contributed by atoms with Gasteiger partial charge < -0.3 is 10.6 Å². The highest BCUT2D eigenvalue weighted by Crippen LogP contribution is 2.29. The van der Waals surface area contributed by atoms with Crippen molar-refractivity contribution in [1.29, 1.82) is 0 Å². The minimum atomic E-state index is 0.000347. The van der Waals surface area contributed by atoms with Gasteiger partial charge >= 0.3 is 0 Å². The van der Waals surface area contributed by atoms with E-state index in [9.17, 15) is 4.79 Å². The highest BCUT2D eigenvalue weighted by Gasteiger charge is 2.38. The fraction of sp³-hybridized carbons (Fsp3) is 0.588. The Balaban J connectivity index is 2.12. The Hall–Kier alpha value is -0.870. The van der Waals surface area contributed by atoms with E-state index in [-0.39, 0.29) is 23.0 Å². The van der Waals surface area contributed by atoms with Crippen molar-refractivity contribution < 1.29 is 4.79 Å². The van der Waals surface area contributed by atoms with Crippen molar-refractivity contribution in [3.63, 3.8) is 0 Å². The third-order valence-corrected chi connectivity index (χ3v) is 4.55. The van der Waals surface area contributed by atoms with Crippen LogP contribution in [0.15, 0.2) is 22.7 Å². The summed E-state index contributed by atoms with van der Waals surface area (Å²) in [5.41, 5.74) is 1.91. The summed E-state index contributed by atoms with van der Waals surface area (Å²) in [6.07, 6.45) is 1.87. The molecule has 1 aromatic carbocycles. The van der Waals surface area contributed by atoms with Gasteiger partial charge in [0.2, 0.25) is 0 Å². The fourth-order valence-corrected chi connectivity index (χ4v) is 4.17. The van der Waals surface area contributed by atoms with Gasteiger partial charge in [-0.25, -0.2) is 0 Å². The van der Waals surface area contributed by atoms with E-state index in [1.165, 1.54) is 0 Å². The van der Waals surface area contributed by atoms with Crippen LogP contribution in [0.1, 0.15) is 56.5 Å². The van der Waals surface area contributed by atoms with E-state index in [0.717, 1.165) is 22.9 Å². The molecule has 1 aromatic rings. The molecule has 1 aliphatic rings. The minimum absolute atomic E-state index is 0.000347. The van der Waals surface area contributed by atoms with Crippen molar-refractivity contribution in [1.82, 2.24) is 10.6 Å². The minimum Gasteiger partial charge on any atom is -0.349 e. The molecule has 0 radical (unpaired) electrons. The average molecular weight is 353 g/mol. The molecule has 1 amide bonds. The summed E-state index contributed by atoms with van der Waals surface area (Å²) in [4.78, 5) is 12.5. The molecule has 0 atom stereocenters. The maximum absolute atomic E-state index is 12.5. The molecule has 0 spiro atoms. The van der Waals surface area contributed by atoms with Crippen molar-refractivity contribution in [2.75, 3.05) is 0 Å². The lowest BCUT2D eigenvalue weighted by molar-refractivity contribution is 0.0872. The molecule has 1 saturated heterocycles. The Labute approximate surface area is 136 Å². The van der Waals surface area contributed by atoms with Crippen LogP contribution in [0.4, 0.5) is 0 Å². The second-order valence-corrected chi connectivity index (χ2v) is 8.31.